The van der Waals surface area contributed by atoms with E-state index in [1.165, 1.54) is 0 Å². The van der Waals surface area contributed by atoms with Gasteiger partial charge in [-0.1, -0.05) is 104 Å². The van der Waals surface area contributed by atoms with E-state index in [2.05, 4.69) is 20.9 Å². The summed E-state index contributed by atoms with van der Waals surface area (Å²) in [6, 6.07) is 22.7. The molecule has 0 aliphatic carbocycles. The summed E-state index contributed by atoms with van der Waals surface area (Å²) in [5.41, 5.74) is 2.60. The zero-order valence-corrected chi connectivity index (χ0v) is 28.0. The fourth-order valence-corrected chi connectivity index (χ4v) is 5.78. The Balaban J connectivity index is 1.41. The highest BCUT2D eigenvalue weighted by Crippen LogP contribution is 2.24. The van der Waals surface area contributed by atoms with Crippen LogP contribution in [0.3, 0.4) is 0 Å². The van der Waals surface area contributed by atoms with Crippen LogP contribution in [0.2, 0.25) is 10.0 Å². The summed E-state index contributed by atoms with van der Waals surface area (Å²) >= 11 is 12.3. The molecule has 10 nitrogen and oxygen atoms in total. The van der Waals surface area contributed by atoms with Crippen molar-refractivity contribution in [3.63, 3.8) is 0 Å². The van der Waals surface area contributed by atoms with Gasteiger partial charge in [-0.15, -0.1) is 0 Å². The van der Waals surface area contributed by atoms with Gasteiger partial charge in [0.05, 0.1) is 16.1 Å². The van der Waals surface area contributed by atoms with Gasteiger partial charge in [-0.25, -0.2) is 4.79 Å². The number of amides is 3. The molecule has 0 radical (unpaired) electrons. The van der Waals surface area contributed by atoms with Crippen molar-refractivity contribution in [2.45, 2.75) is 70.2 Å². The quantitative estimate of drug-likeness (QED) is 0.172. The third kappa shape index (κ3) is 10.9. The van der Waals surface area contributed by atoms with Gasteiger partial charge < -0.3 is 30.9 Å². The molecule has 5 atom stereocenters. The monoisotopic (exact) mass is 684 g/mol. The maximum Gasteiger partial charge on any atom is 0.408 e. The minimum atomic E-state index is -1.86. The van der Waals surface area contributed by atoms with Crippen LogP contribution in [0.25, 0.3) is 0 Å². The smallest absolute Gasteiger partial charge is 0.408 e. The van der Waals surface area contributed by atoms with Crippen LogP contribution in [-0.2, 0) is 33.8 Å². The van der Waals surface area contributed by atoms with Crippen molar-refractivity contribution >= 4 is 41.1 Å². The summed E-state index contributed by atoms with van der Waals surface area (Å²) in [6.07, 6.45) is -4.91. The van der Waals surface area contributed by atoms with Crippen LogP contribution in [0.5, 0.6) is 0 Å². The van der Waals surface area contributed by atoms with Gasteiger partial charge in [0.1, 0.15) is 6.10 Å². The third-order valence-corrected chi connectivity index (χ3v) is 8.76. The lowest BCUT2D eigenvalue weighted by Gasteiger charge is -2.30. The molecule has 12 heteroatoms. The molecule has 1 heterocycles. The van der Waals surface area contributed by atoms with Crippen molar-refractivity contribution in [2.24, 2.45) is 5.92 Å². The number of halogens is 2. The first-order valence-corrected chi connectivity index (χ1v) is 16.4. The molecular weight excluding hydrogens is 643 g/mol. The molecule has 1 aliphatic rings. The highest BCUT2D eigenvalue weighted by Gasteiger charge is 2.37. The van der Waals surface area contributed by atoms with Gasteiger partial charge in [-0.05, 0) is 47.6 Å². The first kappa shape index (κ1) is 36.2. The number of ether oxygens (including phenoxy) is 1. The lowest BCUT2D eigenvalue weighted by Crippen LogP contribution is -2.57. The van der Waals surface area contributed by atoms with E-state index in [1.807, 2.05) is 60.7 Å². The fraction of sp³-hybridized carbons (Fsp3) is 0.400. The number of carbonyl (C=O) groups excluding carboxylic acids is 3. The number of aliphatic hydroxyl groups is 2. The predicted octanol–water partition coefficient (Wildman–Crippen LogP) is 4.08. The van der Waals surface area contributed by atoms with Gasteiger partial charge in [0.25, 0.3) is 11.8 Å². The minimum absolute atomic E-state index is 0.00651. The van der Waals surface area contributed by atoms with Gasteiger partial charge in [0.2, 0.25) is 0 Å². The van der Waals surface area contributed by atoms with E-state index in [-0.39, 0.29) is 24.0 Å². The zero-order chi connectivity index (χ0) is 33.9. The van der Waals surface area contributed by atoms with Crippen molar-refractivity contribution in [3.05, 3.63) is 106 Å². The average molecular weight is 686 g/mol. The molecule has 5 N–H and O–H groups in total. The van der Waals surface area contributed by atoms with Crippen molar-refractivity contribution < 1.29 is 29.3 Å². The van der Waals surface area contributed by atoms with Crippen LogP contribution in [0.15, 0.2) is 78.9 Å². The number of nitrogens with one attached hydrogen (secondary N) is 3. The van der Waals surface area contributed by atoms with Crippen LogP contribution >= 0.6 is 23.2 Å². The Morgan fingerprint density at radius 1 is 0.894 bits per heavy atom. The normalized spacial score (nSPS) is 17.4. The standard InChI is InChI=1S/C35H42Cl2N4O6/c1-22(2)32(47-35(46)38-19-23-9-5-3-6-10-23)34(45)40-29(18-25-13-14-27(36)28(37)17-25)30(42)31(43)33(44)39-26-15-16-41(21-26)20-24-11-7-4-8-12-24/h3-14,17,22,26,29-32,42-43H,15-16,18-21H2,1-2H3,(H,38,46)(H,39,44)(H,40,45). The molecule has 252 valence electrons. The molecular formula is C35H42Cl2N4O6. The minimum Gasteiger partial charge on any atom is -0.436 e. The van der Waals surface area contributed by atoms with Crippen molar-refractivity contribution in [2.75, 3.05) is 13.1 Å². The summed E-state index contributed by atoms with van der Waals surface area (Å²) in [7, 11) is 0. The molecule has 1 aliphatic heterocycles. The molecule has 1 fully saturated rings. The lowest BCUT2D eigenvalue weighted by atomic mass is 9.96. The molecule has 1 saturated heterocycles. The van der Waals surface area contributed by atoms with E-state index in [9.17, 15) is 24.6 Å². The number of rotatable bonds is 14. The van der Waals surface area contributed by atoms with Crippen LogP contribution < -0.4 is 16.0 Å². The Bertz CT molecular complexity index is 1480. The van der Waals surface area contributed by atoms with E-state index < -0.39 is 48.2 Å². The molecule has 0 aromatic heterocycles. The van der Waals surface area contributed by atoms with E-state index >= 15 is 0 Å². The lowest BCUT2D eigenvalue weighted by molar-refractivity contribution is -0.140. The van der Waals surface area contributed by atoms with Crippen molar-refractivity contribution in [1.82, 2.24) is 20.9 Å². The first-order valence-electron chi connectivity index (χ1n) is 15.7. The molecule has 0 saturated carbocycles. The molecule has 0 spiro atoms. The van der Waals surface area contributed by atoms with Gasteiger partial charge >= 0.3 is 6.09 Å². The second kappa shape index (κ2) is 17.5. The zero-order valence-electron chi connectivity index (χ0n) is 26.4. The Morgan fingerprint density at radius 2 is 1.55 bits per heavy atom. The molecule has 47 heavy (non-hydrogen) atoms. The van der Waals surface area contributed by atoms with Crippen molar-refractivity contribution in [1.29, 1.82) is 0 Å². The second-order valence-corrected chi connectivity index (χ2v) is 12.9. The van der Waals surface area contributed by atoms with E-state index in [1.54, 1.807) is 32.0 Å². The first-order chi connectivity index (χ1) is 22.5. The second-order valence-electron chi connectivity index (χ2n) is 12.1. The van der Waals surface area contributed by atoms with Crippen LogP contribution in [0.4, 0.5) is 4.79 Å². The molecule has 3 aromatic carbocycles. The maximum absolute atomic E-state index is 13.5. The van der Waals surface area contributed by atoms with Crippen LogP contribution in [0.1, 0.15) is 37.0 Å². The average Bonchev–Trinajstić information content (AvgIpc) is 3.50. The number of hydrogen-bond acceptors (Lipinski definition) is 7. The number of likely N-dealkylation sites (tertiary alicyclic amines) is 1. The molecule has 3 aromatic rings. The Hall–Kier alpha value is -3.67. The molecule has 0 bridgehead atoms. The summed E-state index contributed by atoms with van der Waals surface area (Å²) in [6.45, 7) is 5.72. The fourth-order valence-electron chi connectivity index (χ4n) is 5.46. The maximum atomic E-state index is 13.5. The highest BCUT2D eigenvalue weighted by molar-refractivity contribution is 6.42. The molecule has 4 rings (SSSR count). The Morgan fingerprint density at radius 3 is 2.19 bits per heavy atom. The topological polar surface area (TPSA) is 140 Å². The highest BCUT2D eigenvalue weighted by atomic mass is 35.5. The molecule has 3 amide bonds. The van der Waals surface area contributed by atoms with Crippen LogP contribution in [-0.4, -0.2) is 76.5 Å². The Kier molecular flexibility index (Phi) is 13.4. The van der Waals surface area contributed by atoms with E-state index in [4.69, 9.17) is 27.9 Å². The third-order valence-electron chi connectivity index (χ3n) is 8.02. The van der Waals surface area contributed by atoms with Gasteiger partial charge in [0, 0.05) is 32.2 Å². The number of carbonyl (C=O) groups is 3. The van der Waals surface area contributed by atoms with Crippen molar-refractivity contribution in [3.8, 4) is 0 Å². The summed E-state index contributed by atoms with van der Waals surface area (Å²) in [5, 5.41) is 31.1. The number of aliphatic hydroxyl groups excluding tert-OH is 2. The van der Waals surface area contributed by atoms with E-state index in [0.29, 0.717) is 23.6 Å². The van der Waals surface area contributed by atoms with Gasteiger partial charge in [-0.2, -0.15) is 0 Å². The van der Waals surface area contributed by atoms with E-state index in [0.717, 1.165) is 24.2 Å². The largest absolute Gasteiger partial charge is 0.436 e. The predicted molar refractivity (Wildman–Crippen MR) is 181 cm³/mol. The number of alkyl carbamates (subject to hydrolysis) is 1. The van der Waals surface area contributed by atoms with Gasteiger partial charge in [0.15, 0.2) is 12.2 Å². The van der Waals surface area contributed by atoms with Crippen LogP contribution in [0, 0.1) is 5.92 Å². The SMILES string of the molecule is CC(C)C(OC(=O)NCc1ccccc1)C(=O)NC(Cc1ccc(Cl)c(Cl)c1)C(O)C(O)C(=O)NC1CCN(Cc2ccccc2)C1. The summed E-state index contributed by atoms with van der Waals surface area (Å²) in [5.74, 6) is -1.89. The number of benzene rings is 3. The summed E-state index contributed by atoms with van der Waals surface area (Å²) in [4.78, 5) is 41.5. The van der Waals surface area contributed by atoms with Gasteiger partial charge in [-0.3, -0.25) is 14.5 Å². The Labute approximate surface area is 285 Å². The number of hydrogen-bond donors (Lipinski definition) is 5. The number of nitrogens with zero attached hydrogens (tertiary/aromatic N) is 1. The molecule has 5 unspecified atom stereocenters. The summed E-state index contributed by atoms with van der Waals surface area (Å²) < 4.78 is 5.48.